The van der Waals surface area contributed by atoms with Crippen LogP contribution in [0.1, 0.15) is 16.1 Å². The van der Waals surface area contributed by atoms with Crippen molar-refractivity contribution in [3.63, 3.8) is 0 Å². The van der Waals surface area contributed by atoms with Gasteiger partial charge in [-0.25, -0.2) is 5.01 Å². The molecule has 6 heteroatoms. The van der Waals surface area contributed by atoms with Gasteiger partial charge in [0.25, 0.3) is 11.8 Å². The lowest BCUT2D eigenvalue weighted by atomic mass is 10.2. The lowest BCUT2D eigenvalue weighted by molar-refractivity contribution is -0.127. The Bertz CT molecular complexity index is 700. The van der Waals surface area contributed by atoms with Gasteiger partial charge in [-0.05, 0) is 23.8 Å². The zero-order valence-corrected chi connectivity index (χ0v) is 12.2. The van der Waals surface area contributed by atoms with E-state index in [1.165, 1.54) is 18.3 Å². The molecule has 0 aliphatic heterocycles. The first kappa shape index (κ1) is 16.1. The molecule has 2 rings (SSSR count). The third-order valence-corrected chi connectivity index (χ3v) is 2.84. The number of hydrazine groups is 1. The molecule has 0 atom stereocenters. The lowest BCUT2D eigenvalue weighted by Crippen LogP contribution is -2.46. The molecule has 0 saturated carbocycles. The van der Waals surface area contributed by atoms with Crippen LogP contribution in [0.3, 0.4) is 0 Å². The summed E-state index contributed by atoms with van der Waals surface area (Å²) >= 11 is 0. The highest BCUT2D eigenvalue weighted by Gasteiger charge is 2.15. The molecule has 6 nitrogen and oxygen atoms in total. The fraction of sp³-hybridized carbons (Fsp3) is 0.0588. The Labute approximate surface area is 133 Å². The Morgan fingerprint density at radius 1 is 1.13 bits per heavy atom. The van der Waals surface area contributed by atoms with Gasteiger partial charge >= 0.3 is 0 Å². The van der Waals surface area contributed by atoms with Crippen molar-refractivity contribution in [2.75, 3.05) is 6.54 Å². The number of hydrogen-bond donors (Lipinski definition) is 1. The highest BCUT2D eigenvalue weighted by Crippen LogP contribution is 2.02. The van der Waals surface area contributed by atoms with Gasteiger partial charge in [0.1, 0.15) is 12.2 Å². The molecule has 1 radical (unpaired) electrons. The van der Waals surface area contributed by atoms with E-state index in [1.54, 1.807) is 24.5 Å². The molecule has 0 aliphatic carbocycles. The Hall–Kier alpha value is -3.28. The maximum atomic E-state index is 12.1. The smallest absolute Gasteiger partial charge is 0.288 e. The molecule has 0 fully saturated rings. The van der Waals surface area contributed by atoms with Gasteiger partial charge in [0.15, 0.2) is 0 Å². The first-order valence-electron chi connectivity index (χ1n) is 6.82. The van der Waals surface area contributed by atoms with Crippen molar-refractivity contribution in [2.45, 2.75) is 0 Å². The lowest BCUT2D eigenvalue weighted by Gasteiger charge is -2.18. The summed E-state index contributed by atoms with van der Waals surface area (Å²) < 4.78 is 0. The van der Waals surface area contributed by atoms with E-state index >= 15 is 0 Å². The van der Waals surface area contributed by atoms with E-state index in [-0.39, 0.29) is 12.2 Å². The minimum atomic E-state index is -0.581. The normalized spacial score (nSPS) is 10.3. The maximum absolute atomic E-state index is 12.1. The average Bonchev–Trinajstić information content (AvgIpc) is 2.61. The molecule has 0 bridgehead atoms. The van der Waals surface area contributed by atoms with Gasteiger partial charge in [0.05, 0.1) is 0 Å². The summed E-state index contributed by atoms with van der Waals surface area (Å²) in [5, 5.41) is 0.878. The number of pyridine rings is 1. The molecule has 115 valence electrons. The van der Waals surface area contributed by atoms with E-state index in [2.05, 4.69) is 10.4 Å². The van der Waals surface area contributed by atoms with Crippen LogP contribution in [0.4, 0.5) is 0 Å². The molecule has 0 saturated heterocycles. The SMILES string of the molecule is O=[C]CN(NC(=O)c1ccccn1)C(=O)C=Cc1ccccc1. The number of hydrogen-bond acceptors (Lipinski definition) is 4. The summed E-state index contributed by atoms with van der Waals surface area (Å²) in [6.07, 6.45) is 5.91. The summed E-state index contributed by atoms with van der Waals surface area (Å²) in [6, 6.07) is 14.0. The number of carbonyl (C=O) groups excluding carboxylic acids is 3. The summed E-state index contributed by atoms with van der Waals surface area (Å²) in [5.41, 5.74) is 3.31. The topological polar surface area (TPSA) is 79.4 Å². The van der Waals surface area contributed by atoms with Crippen LogP contribution in [0.25, 0.3) is 6.08 Å². The Balaban J connectivity index is 2.05. The van der Waals surface area contributed by atoms with Crippen molar-refractivity contribution in [2.24, 2.45) is 0 Å². The summed E-state index contributed by atoms with van der Waals surface area (Å²) in [4.78, 5) is 38.6. The van der Waals surface area contributed by atoms with Gasteiger partial charge in [0.2, 0.25) is 6.29 Å². The minimum Gasteiger partial charge on any atom is -0.289 e. The summed E-state index contributed by atoms with van der Waals surface area (Å²) in [6.45, 7) is -0.378. The van der Waals surface area contributed by atoms with E-state index in [1.807, 2.05) is 30.3 Å². The van der Waals surface area contributed by atoms with Crippen molar-refractivity contribution >= 4 is 24.2 Å². The highest BCUT2D eigenvalue weighted by molar-refractivity contribution is 5.97. The van der Waals surface area contributed by atoms with E-state index in [0.717, 1.165) is 10.6 Å². The molecule has 0 unspecified atom stereocenters. The highest BCUT2D eigenvalue weighted by atomic mass is 16.2. The number of nitrogens with zero attached hydrogens (tertiary/aromatic N) is 2. The summed E-state index contributed by atoms with van der Waals surface area (Å²) in [5.74, 6) is -1.12. The third kappa shape index (κ3) is 4.89. The van der Waals surface area contributed by atoms with Crippen LogP contribution in [0.2, 0.25) is 0 Å². The van der Waals surface area contributed by atoms with Crippen LogP contribution < -0.4 is 5.43 Å². The van der Waals surface area contributed by atoms with Gasteiger partial charge in [-0.2, -0.15) is 0 Å². The molecule has 1 aromatic carbocycles. The van der Waals surface area contributed by atoms with E-state index in [9.17, 15) is 14.4 Å². The summed E-state index contributed by atoms with van der Waals surface area (Å²) in [7, 11) is 0. The molecular formula is C17H14N3O3. The Morgan fingerprint density at radius 2 is 1.87 bits per heavy atom. The standard InChI is InChI=1S/C17H14N3O3/c21-13-12-20(19-17(23)15-8-4-5-11-18-15)16(22)10-9-14-6-2-1-3-7-14/h1-11H,12H2,(H,19,23). The van der Waals surface area contributed by atoms with E-state index in [4.69, 9.17) is 0 Å². The first-order valence-corrected chi connectivity index (χ1v) is 6.82. The zero-order chi connectivity index (χ0) is 16.5. The van der Waals surface area contributed by atoms with Gasteiger partial charge < -0.3 is 0 Å². The Morgan fingerprint density at radius 3 is 2.52 bits per heavy atom. The van der Waals surface area contributed by atoms with Crippen molar-refractivity contribution < 1.29 is 14.4 Å². The van der Waals surface area contributed by atoms with Crippen LogP contribution in [-0.2, 0) is 9.59 Å². The van der Waals surface area contributed by atoms with E-state index in [0.29, 0.717) is 0 Å². The van der Waals surface area contributed by atoms with Gasteiger partial charge in [-0.15, -0.1) is 0 Å². The number of rotatable bonds is 5. The molecule has 1 N–H and O–H groups in total. The molecular weight excluding hydrogens is 294 g/mol. The van der Waals surface area contributed by atoms with Crippen LogP contribution >= 0.6 is 0 Å². The molecule has 1 aromatic heterocycles. The average molecular weight is 308 g/mol. The number of benzene rings is 1. The number of nitrogens with one attached hydrogen (secondary N) is 1. The largest absolute Gasteiger partial charge is 0.289 e. The van der Waals surface area contributed by atoms with Crippen molar-refractivity contribution in [3.05, 3.63) is 72.1 Å². The zero-order valence-electron chi connectivity index (χ0n) is 12.2. The second-order valence-electron chi connectivity index (χ2n) is 4.47. The monoisotopic (exact) mass is 308 g/mol. The molecule has 0 spiro atoms. The number of carbonyl (C=O) groups is 2. The third-order valence-electron chi connectivity index (χ3n) is 2.84. The van der Waals surface area contributed by atoms with Crippen molar-refractivity contribution in [1.29, 1.82) is 0 Å². The fourth-order valence-electron chi connectivity index (χ4n) is 1.74. The van der Waals surface area contributed by atoms with Crippen LogP contribution in [0, 0.1) is 0 Å². The van der Waals surface area contributed by atoms with E-state index < -0.39 is 11.8 Å². The fourth-order valence-corrected chi connectivity index (χ4v) is 1.74. The number of aromatic nitrogens is 1. The molecule has 1 heterocycles. The van der Waals surface area contributed by atoms with Crippen molar-refractivity contribution in [1.82, 2.24) is 15.4 Å². The maximum Gasteiger partial charge on any atom is 0.288 e. The van der Waals surface area contributed by atoms with Crippen LogP contribution in [0.5, 0.6) is 0 Å². The second-order valence-corrected chi connectivity index (χ2v) is 4.47. The van der Waals surface area contributed by atoms with Crippen LogP contribution in [-0.4, -0.2) is 34.6 Å². The first-order chi connectivity index (χ1) is 11.2. The van der Waals surface area contributed by atoms with Gasteiger partial charge in [0, 0.05) is 12.3 Å². The molecule has 2 aromatic rings. The predicted molar refractivity (Wildman–Crippen MR) is 84.6 cm³/mol. The Kier molecular flexibility index (Phi) is 5.76. The van der Waals surface area contributed by atoms with Crippen molar-refractivity contribution in [3.8, 4) is 0 Å². The second kappa shape index (κ2) is 8.23. The van der Waals surface area contributed by atoms with Gasteiger partial charge in [-0.1, -0.05) is 36.4 Å². The quantitative estimate of drug-likeness (QED) is 0.668. The minimum absolute atomic E-state index is 0.142. The van der Waals surface area contributed by atoms with Gasteiger partial charge in [-0.3, -0.25) is 24.8 Å². The predicted octanol–water partition coefficient (Wildman–Crippen LogP) is 1.38. The van der Waals surface area contributed by atoms with Crippen LogP contribution in [0.15, 0.2) is 60.8 Å². The molecule has 23 heavy (non-hydrogen) atoms. The molecule has 2 amide bonds. The number of amides is 2. The molecule has 0 aliphatic rings.